The van der Waals surface area contributed by atoms with Crippen LogP contribution in [0.5, 0.6) is 5.75 Å². The fourth-order valence-corrected chi connectivity index (χ4v) is 3.11. The van der Waals surface area contributed by atoms with Crippen LogP contribution in [0.2, 0.25) is 5.02 Å². The summed E-state index contributed by atoms with van der Waals surface area (Å²) in [4.78, 5) is 12.3. The molecule has 3 aromatic rings. The van der Waals surface area contributed by atoms with Crippen LogP contribution in [0.15, 0.2) is 54.7 Å². The molecule has 1 heterocycles. The molecule has 0 saturated carbocycles. The van der Waals surface area contributed by atoms with Crippen LogP contribution in [0.25, 0.3) is 22.3 Å². The zero-order chi connectivity index (χ0) is 18.0. The Labute approximate surface area is 150 Å². The minimum Gasteiger partial charge on any atom is -0.495 e. The number of aromatic nitrogens is 1. The molecule has 0 radical (unpaired) electrons. The summed E-state index contributed by atoms with van der Waals surface area (Å²) in [6.07, 6.45) is 1.66. The highest BCUT2D eigenvalue weighted by molar-refractivity contribution is 6.35. The van der Waals surface area contributed by atoms with Crippen molar-refractivity contribution in [2.24, 2.45) is 0 Å². The molecule has 0 atom stereocenters. The molecule has 0 spiro atoms. The molecule has 0 bridgehead atoms. The van der Waals surface area contributed by atoms with Gasteiger partial charge in [0.05, 0.1) is 19.2 Å². The van der Waals surface area contributed by atoms with Crippen LogP contribution in [0.4, 0.5) is 0 Å². The molecule has 1 aromatic heterocycles. The van der Waals surface area contributed by atoms with Gasteiger partial charge in [0.15, 0.2) is 5.69 Å². The third-order valence-electron chi connectivity index (χ3n) is 3.95. The molecule has 0 aliphatic rings. The number of rotatable bonds is 4. The van der Waals surface area contributed by atoms with Gasteiger partial charge in [-0.25, -0.2) is 4.79 Å². The molecule has 2 N–H and O–H groups in total. The largest absolute Gasteiger partial charge is 0.495 e. The minimum absolute atomic E-state index is 0.252. The number of carbonyl (C=O) groups excluding carboxylic acids is 1. The van der Waals surface area contributed by atoms with Gasteiger partial charge >= 0.3 is 5.97 Å². The first-order chi connectivity index (χ1) is 12.1. The zero-order valence-corrected chi connectivity index (χ0v) is 14.6. The van der Waals surface area contributed by atoms with Gasteiger partial charge in [-0.15, -0.1) is 0 Å². The van der Waals surface area contributed by atoms with E-state index in [4.69, 9.17) is 26.9 Å². The van der Waals surface area contributed by atoms with E-state index in [9.17, 15) is 4.79 Å². The summed E-state index contributed by atoms with van der Waals surface area (Å²) in [5.41, 5.74) is 3.18. The molecule has 0 fully saturated rings. The van der Waals surface area contributed by atoms with Crippen molar-refractivity contribution in [2.75, 3.05) is 20.1 Å². The topological polar surface area (TPSA) is 66.5 Å². The number of carbonyl (C=O) groups is 1. The summed E-state index contributed by atoms with van der Waals surface area (Å²) in [7, 11) is 2.87. The van der Waals surface area contributed by atoms with Crippen LogP contribution in [0.3, 0.4) is 0 Å². The minimum atomic E-state index is -0.522. The molecular weight excluding hydrogens is 340 g/mol. The predicted molar refractivity (Wildman–Crippen MR) is 98.4 cm³/mol. The monoisotopic (exact) mass is 356 g/mol. The Morgan fingerprint density at radius 3 is 2.40 bits per heavy atom. The maximum absolute atomic E-state index is 12.3. The molecule has 2 aromatic carbocycles. The van der Waals surface area contributed by atoms with E-state index in [1.807, 2.05) is 42.5 Å². The van der Waals surface area contributed by atoms with Crippen molar-refractivity contribution in [1.29, 1.82) is 0 Å². The van der Waals surface area contributed by atoms with Gasteiger partial charge in [-0.05, 0) is 11.6 Å². The van der Waals surface area contributed by atoms with E-state index in [0.717, 1.165) is 11.1 Å². The van der Waals surface area contributed by atoms with Gasteiger partial charge < -0.3 is 15.3 Å². The van der Waals surface area contributed by atoms with Gasteiger partial charge in [0.25, 0.3) is 0 Å². The van der Waals surface area contributed by atoms with Crippen LogP contribution < -0.4 is 10.6 Å². The maximum Gasteiger partial charge on any atom is 0.357 e. The van der Waals surface area contributed by atoms with Crippen molar-refractivity contribution in [3.63, 3.8) is 0 Å². The van der Waals surface area contributed by atoms with Gasteiger partial charge in [-0.3, -0.25) is 4.68 Å². The first-order valence-electron chi connectivity index (χ1n) is 7.55. The zero-order valence-electron chi connectivity index (χ0n) is 13.8. The van der Waals surface area contributed by atoms with Gasteiger partial charge in [0, 0.05) is 22.9 Å². The Morgan fingerprint density at radius 2 is 1.76 bits per heavy atom. The van der Waals surface area contributed by atoms with E-state index in [1.165, 1.54) is 11.8 Å². The number of halogens is 1. The predicted octanol–water partition coefficient (Wildman–Crippen LogP) is 3.98. The van der Waals surface area contributed by atoms with Gasteiger partial charge in [0.2, 0.25) is 0 Å². The van der Waals surface area contributed by atoms with E-state index >= 15 is 0 Å². The van der Waals surface area contributed by atoms with E-state index in [2.05, 4.69) is 0 Å². The standard InChI is InChI=1S/C19H17ClN2O3/c1-24-15-10-6-9-13(17(15)20)14-11-22(21)18(19(23)25-2)16(14)12-7-4-3-5-8-12/h3-11H,21H2,1-2H3. The first-order valence-corrected chi connectivity index (χ1v) is 7.93. The summed E-state index contributed by atoms with van der Waals surface area (Å²) < 4.78 is 11.5. The number of nitrogens with two attached hydrogens (primary N) is 1. The van der Waals surface area contributed by atoms with Gasteiger partial charge in [-0.1, -0.05) is 54.1 Å². The molecule has 3 rings (SSSR count). The molecule has 25 heavy (non-hydrogen) atoms. The summed E-state index contributed by atoms with van der Waals surface area (Å²) in [5, 5.41) is 0.448. The average molecular weight is 357 g/mol. The molecule has 0 amide bonds. The third kappa shape index (κ3) is 2.94. The highest BCUT2D eigenvalue weighted by Crippen LogP contribution is 2.42. The second-order valence-electron chi connectivity index (χ2n) is 5.35. The second-order valence-corrected chi connectivity index (χ2v) is 5.73. The quantitative estimate of drug-likeness (QED) is 0.567. The number of ether oxygens (including phenoxy) is 2. The smallest absolute Gasteiger partial charge is 0.357 e. The summed E-state index contributed by atoms with van der Waals surface area (Å²) >= 11 is 6.49. The lowest BCUT2D eigenvalue weighted by atomic mass is 9.96. The Balaban J connectivity index is 2.34. The highest BCUT2D eigenvalue weighted by Gasteiger charge is 2.25. The van der Waals surface area contributed by atoms with E-state index in [1.54, 1.807) is 19.4 Å². The Kier molecular flexibility index (Phi) is 4.67. The van der Waals surface area contributed by atoms with Crippen molar-refractivity contribution < 1.29 is 14.3 Å². The lowest BCUT2D eigenvalue weighted by Gasteiger charge is -2.11. The van der Waals surface area contributed by atoms with Crippen molar-refractivity contribution in [2.45, 2.75) is 0 Å². The Bertz CT molecular complexity index is 920. The number of nitrogens with zero attached hydrogens (tertiary/aromatic N) is 1. The Hall–Kier alpha value is -2.92. The highest BCUT2D eigenvalue weighted by atomic mass is 35.5. The fraction of sp³-hybridized carbons (Fsp3) is 0.105. The summed E-state index contributed by atoms with van der Waals surface area (Å²) in [6, 6.07) is 14.9. The molecule has 0 aliphatic carbocycles. The summed E-state index contributed by atoms with van der Waals surface area (Å²) in [5.74, 6) is 6.08. The van der Waals surface area contributed by atoms with Crippen LogP contribution in [0, 0.1) is 0 Å². The number of esters is 1. The molecule has 5 nitrogen and oxygen atoms in total. The van der Waals surface area contributed by atoms with Crippen molar-refractivity contribution in [1.82, 2.24) is 4.68 Å². The van der Waals surface area contributed by atoms with E-state index in [-0.39, 0.29) is 5.69 Å². The number of hydrogen-bond donors (Lipinski definition) is 1. The second kappa shape index (κ2) is 6.91. The van der Waals surface area contributed by atoms with Crippen molar-refractivity contribution in [3.8, 4) is 28.0 Å². The molecule has 0 aliphatic heterocycles. The van der Waals surface area contributed by atoms with Crippen molar-refractivity contribution in [3.05, 3.63) is 65.4 Å². The summed E-state index contributed by atoms with van der Waals surface area (Å²) in [6.45, 7) is 0. The lowest BCUT2D eigenvalue weighted by molar-refractivity contribution is 0.0592. The Morgan fingerprint density at radius 1 is 1.04 bits per heavy atom. The first kappa shape index (κ1) is 16.9. The van der Waals surface area contributed by atoms with Crippen LogP contribution in [-0.4, -0.2) is 24.9 Å². The normalized spacial score (nSPS) is 10.5. The fourth-order valence-electron chi connectivity index (χ4n) is 2.81. The molecule has 6 heteroatoms. The van der Waals surface area contributed by atoms with Gasteiger partial charge in [-0.2, -0.15) is 0 Å². The van der Waals surface area contributed by atoms with Gasteiger partial charge in [0.1, 0.15) is 5.75 Å². The van der Waals surface area contributed by atoms with Crippen LogP contribution in [-0.2, 0) is 4.74 Å². The van der Waals surface area contributed by atoms with Crippen molar-refractivity contribution >= 4 is 17.6 Å². The van der Waals surface area contributed by atoms with E-state index in [0.29, 0.717) is 21.9 Å². The molecular formula is C19H17ClN2O3. The molecule has 0 saturated heterocycles. The number of nitrogen functional groups attached to an aromatic ring is 1. The van der Waals surface area contributed by atoms with Crippen LogP contribution in [0.1, 0.15) is 10.5 Å². The average Bonchev–Trinajstić information content (AvgIpc) is 2.99. The third-order valence-corrected chi connectivity index (χ3v) is 4.34. The van der Waals surface area contributed by atoms with Crippen LogP contribution >= 0.6 is 11.6 Å². The number of benzene rings is 2. The lowest BCUT2D eigenvalue weighted by Crippen LogP contribution is -2.17. The number of methoxy groups -OCH3 is 2. The number of hydrogen-bond acceptors (Lipinski definition) is 4. The maximum atomic E-state index is 12.3. The van der Waals surface area contributed by atoms with E-state index < -0.39 is 5.97 Å². The molecule has 128 valence electrons. The molecule has 0 unspecified atom stereocenters. The SMILES string of the molecule is COC(=O)c1c(-c2ccccc2)c(-c2cccc(OC)c2Cl)cn1N.